The van der Waals surface area contributed by atoms with E-state index in [1.807, 2.05) is 6.92 Å². The lowest BCUT2D eigenvalue weighted by atomic mass is 10.1. The third kappa shape index (κ3) is 7.50. The molecule has 0 fully saturated rings. The van der Waals surface area contributed by atoms with Gasteiger partial charge < -0.3 is 4.74 Å². The van der Waals surface area contributed by atoms with E-state index in [9.17, 15) is 9.59 Å². The van der Waals surface area contributed by atoms with Crippen molar-refractivity contribution in [2.24, 2.45) is 0 Å². The Balaban J connectivity index is 3.25. The molecule has 0 heterocycles. The molecule has 0 atom stereocenters. The molecule has 0 amide bonds. The smallest absolute Gasteiger partial charge is 0.305 e. The van der Waals surface area contributed by atoms with Crippen molar-refractivity contribution >= 4 is 11.8 Å². The van der Waals surface area contributed by atoms with E-state index in [1.54, 1.807) is 0 Å². The molecular formula is C10H18O3. The molecule has 3 heteroatoms. The van der Waals surface area contributed by atoms with Gasteiger partial charge in [0, 0.05) is 19.3 Å². The van der Waals surface area contributed by atoms with E-state index in [0.29, 0.717) is 25.0 Å². The van der Waals surface area contributed by atoms with E-state index in [2.05, 4.69) is 4.74 Å². The topological polar surface area (TPSA) is 43.4 Å². The van der Waals surface area contributed by atoms with Gasteiger partial charge in [0.05, 0.1) is 7.11 Å². The van der Waals surface area contributed by atoms with Crippen LogP contribution in [-0.4, -0.2) is 18.9 Å². The predicted octanol–water partition coefficient (Wildman–Crippen LogP) is 2.09. The summed E-state index contributed by atoms with van der Waals surface area (Å²) in [6.07, 6.45) is 4.16. The minimum Gasteiger partial charge on any atom is -0.469 e. The van der Waals surface area contributed by atoms with Crippen LogP contribution in [0.5, 0.6) is 0 Å². The summed E-state index contributed by atoms with van der Waals surface area (Å²) in [6, 6.07) is 0. The first-order valence-corrected chi connectivity index (χ1v) is 4.79. The van der Waals surface area contributed by atoms with Crippen LogP contribution in [0.15, 0.2) is 0 Å². The van der Waals surface area contributed by atoms with E-state index in [1.165, 1.54) is 7.11 Å². The van der Waals surface area contributed by atoms with Crippen LogP contribution in [0.3, 0.4) is 0 Å². The summed E-state index contributed by atoms with van der Waals surface area (Å²) in [7, 11) is 1.38. The minimum absolute atomic E-state index is 0.192. The average molecular weight is 186 g/mol. The van der Waals surface area contributed by atoms with Crippen LogP contribution in [0, 0.1) is 0 Å². The quantitative estimate of drug-likeness (QED) is 0.451. The van der Waals surface area contributed by atoms with Crippen LogP contribution in [-0.2, 0) is 14.3 Å². The molecule has 0 aromatic heterocycles. The zero-order valence-electron chi connectivity index (χ0n) is 8.47. The Morgan fingerprint density at radius 2 is 1.69 bits per heavy atom. The summed E-state index contributed by atoms with van der Waals surface area (Å²) in [5, 5.41) is 0. The van der Waals surface area contributed by atoms with E-state index in [0.717, 1.165) is 19.3 Å². The maximum absolute atomic E-state index is 11.0. The summed E-state index contributed by atoms with van der Waals surface area (Å²) in [6.45, 7) is 1.99. The van der Waals surface area contributed by atoms with Gasteiger partial charge in [0.1, 0.15) is 5.78 Å². The maximum Gasteiger partial charge on any atom is 0.305 e. The lowest BCUT2D eigenvalue weighted by Gasteiger charge is -1.99. The number of unbranched alkanes of at least 4 members (excludes halogenated alkanes) is 1. The summed E-state index contributed by atoms with van der Waals surface area (Å²) >= 11 is 0. The monoisotopic (exact) mass is 186 g/mol. The fourth-order valence-corrected chi connectivity index (χ4v) is 1.10. The molecule has 0 rings (SSSR count). The number of ether oxygens (including phenoxy) is 1. The molecule has 0 aromatic rings. The van der Waals surface area contributed by atoms with Gasteiger partial charge in [-0.05, 0) is 19.3 Å². The molecule has 0 saturated carbocycles. The highest BCUT2D eigenvalue weighted by Gasteiger charge is 2.02. The van der Waals surface area contributed by atoms with Gasteiger partial charge in [0.15, 0.2) is 0 Å². The molecule has 0 unspecified atom stereocenters. The van der Waals surface area contributed by atoms with Crippen LogP contribution >= 0.6 is 0 Å². The molecular weight excluding hydrogens is 168 g/mol. The van der Waals surface area contributed by atoms with Crippen molar-refractivity contribution in [2.75, 3.05) is 7.11 Å². The molecule has 76 valence electrons. The second kappa shape index (κ2) is 7.77. The Morgan fingerprint density at radius 3 is 2.23 bits per heavy atom. The third-order valence-corrected chi connectivity index (χ3v) is 1.84. The van der Waals surface area contributed by atoms with Gasteiger partial charge >= 0.3 is 5.97 Å². The molecule has 0 N–H and O–H groups in total. The Morgan fingerprint density at radius 1 is 1.08 bits per heavy atom. The van der Waals surface area contributed by atoms with Gasteiger partial charge in [-0.2, -0.15) is 0 Å². The van der Waals surface area contributed by atoms with Gasteiger partial charge in [-0.3, -0.25) is 9.59 Å². The Bertz CT molecular complexity index is 164. The molecule has 0 saturated heterocycles. The van der Waals surface area contributed by atoms with Crippen LogP contribution in [0.4, 0.5) is 0 Å². The van der Waals surface area contributed by atoms with Gasteiger partial charge in [0.2, 0.25) is 0 Å². The van der Waals surface area contributed by atoms with Crippen molar-refractivity contribution in [3.8, 4) is 0 Å². The highest BCUT2D eigenvalue weighted by Crippen LogP contribution is 2.04. The zero-order chi connectivity index (χ0) is 10.1. The van der Waals surface area contributed by atoms with Crippen molar-refractivity contribution in [1.82, 2.24) is 0 Å². The van der Waals surface area contributed by atoms with Crippen LogP contribution in [0.25, 0.3) is 0 Å². The summed E-state index contributed by atoms with van der Waals surface area (Å²) in [5.74, 6) is 0.107. The minimum atomic E-state index is -0.192. The van der Waals surface area contributed by atoms with Crippen molar-refractivity contribution in [1.29, 1.82) is 0 Å². The maximum atomic E-state index is 11.0. The van der Waals surface area contributed by atoms with Gasteiger partial charge in [-0.25, -0.2) is 0 Å². The Hall–Kier alpha value is -0.860. The first-order valence-electron chi connectivity index (χ1n) is 4.79. The molecule has 3 nitrogen and oxygen atoms in total. The van der Waals surface area contributed by atoms with Crippen molar-refractivity contribution in [2.45, 2.75) is 45.4 Å². The number of esters is 1. The Labute approximate surface area is 79.5 Å². The number of ketones is 1. The molecule has 13 heavy (non-hydrogen) atoms. The predicted molar refractivity (Wildman–Crippen MR) is 50.4 cm³/mol. The van der Waals surface area contributed by atoms with E-state index in [-0.39, 0.29) is 5.97 Å². The average Bonchev–Trinajstić information content (AvgIpc) is 2.12. The van der Waals surface area contributed by atoms with Gasteiger partial charge in [-0.15, -0.1) is 0 Å². The molecule has 0 radical (unpaired) electrons. The van der Waals surface area contributed by atoms with Gasteiger partial charge in [-0.1, -0.05) is 6.92 Å². The summed E-state index contributed by atoms with van der Waals surface area (Å²) in [5.41, 5.74) is 0. The highest BCUT2D eigenvalue weighted by atomic mass is 16.5. The van der Waals surface area contributed by atoms with Crippen molar-refractivity contribution in [3.63, 3.8) is 0 Å². The second-order valence-corrected chi connectivity index (χ2v) is 3.07. The van der Waals surface area contributed by atoms with Crippen molar-refractivity contribution in [3.05, 3.63) is 0 Å². The highest BCUT2D eigenvalue weighted by molar-refractivity contribution is 5.78. The largest absolute Gasteiger partial charge is 0.469 e. The first kappa shape index (κ1) is 12.1. The van der Waals surface area contributed by atoms with Crippen molar-refractivity contribution < 1.29 is 14.3 Å². The lowest BCUT2D eigenvalue weighted by molar-refractivity contribution is -0.140. The second-order valence-electron chi connectivity index (χ2n) is 3.07. The third-order valence-electron chi connectivity index (χ3n) is 1.84. The summed E-state index contributed by atoms with van der Waals surface area (Å²) < 4.78 is 4.48. The lowest BCUT2D eigenvalue weighted by Crippen LogP contribution is -2.01. The molecule has 0 spiro atoms. The van der Waals surface area contributed by atoms with Crippen LogP contribution in [0.2, 0.25) is 0 Å². The molecule has 0 aliphatic rings. The van der Waals surface area contributed by atoms with E-state index < -0.39 is 0 Å². The van der Waals surface area contributed by atoms with Gasteiger partial charge in [0.25, 0.3) is 0 Å². The number of methoxy groups -OCH3 is 1. The van der Waals surface area contributed by atoms with Crippen LogP contribution < -0.4 is 0 Å². The summed E-state index contributed by atoms with van der Waals surface area (Å²) in [4.78, 5) is 21.7. The normalized spacial score (nSPS) is 9.69. The number of carbonyl (C=O) groups excluding carboxylic acids is 2. The zero-order valence-corrected chi connectivity index (χ0v) is 8.47. The number of rotatable bonds is 7. The van der Waals surface area contributed by atoms with E-state index in [4.69, 9.17) is 0 Å². The molecule has 0 bridgehead atoms. The molecule has 0 aliphatic heterocycles. The first-order chi connectivity index (χ1) is 6.20. The standard InChI is InChI=1S/C10H18O3/c1-3-6-9(11)7-4-5-8-10(12)13-2/h3-8H2,1-2H3. The van der Waals surface area contributed by atoms with E-state index >= 15 is 0 Å². The number of hydrogen-bond donors (Lipinski definition) is 0. The fourth-order valence-electron chi connectivity index (χ4n) is 1.10. The Kier molecular flexibility index (Phi) is 7.26. The molecule has 0 aromatic carbocycles. The molecule has 0 aliphatic carbocycles. The van der Waals surface area contributed by atoms with Crippen LogP contribution in [0.1, 0.15) is 45.4 Å². The fraction of sp³-hybridized carbons (Fsp3) is 0.800. The number of hydrogen-bond acceptors (Lipinski definition) is 3. The number of carbonyl (C=O) groups is 2. The SMILES string of the molecule is CCCC(=O)CCCCC(=O)OC. The number of Topliss-reactive ketones (excluding diaryl/α,β-unsaturated/α-hetero) is 1.